The Hall–Kier alpha value is -1.93. The number of hydrogen-bond donors (Lipinski definition) is 2. The Balaban J connectivity index is 2.26. The normalized spacial score (nSPS) is 11.1. The van der Waals surface area contributed by atoms with Crippen molar-refractivity contribution in [3.05, 3.63) is 6.20 Å². The fourth-order valence-corrected chi connectivity index (χ4v) is 2.00. The molecule has 0 fully saturated rings. The summed E-state index contributed by atoms with van der Waals surface area (Å²) >= 11 is 0. The molecule has 2 aromatic heterocycles. The van der Waals surface area contributed by atoms with E-state index in [0.29, 0.717) is 18.9 Å². The van der Waals surface area contributed by atoms with Gasteiger partial charge in [0.1, 0.15) is 5.82 Å². The minimum absolute atomic E-state index is 0.228. The van der Waals surface area contributed by atoms with E-state index >= 15 is 0 Å². The van der Waals surface area contributed by atoms with Crippen molar-refractivity contribution in [3.63, 3.8) is 0 Å². The van der Waals surface area contributed by atoms with Crippen LogP contribution in [0, 0.1) is 0 Å². The van der Waals surface area contributed by atoms with Gasteiger partial charge in [-0.1, -0.05) is 0 Å². The van der Waals surface area contributed by atoms with Crippen LogP contribution in [-0.4, -0.2) is 60.7 Å². The van der Waals surface area contributed by atoms with Gasteiger partial charge in [0.05, 0.1) is 18.2 Å². The van der Waals surface area contributed by atoms with E-state index < -0.39 is 0 Å². The number of rotatable bonds is 8. The summed E-state index contributed by atoms with van der Waals surface area (Å²) in [5.74, 6) is 1.00. The molecule has 3 N–H and O–H groups in total. The van der Waals surface area contributed by atoms with Crippen molar-refractivity contribution in [2.24, 2.45) is 0 Å². The maximum atomic E-state index is 5.75. The molecule has 0 aromatic carbocycles. The molecule has 0 unspecified atom stereocenters. The molecular weight excluding hydrogens is 260 g/mol. The second kappa shape index (κ2) is 7.01. The molecule has 0 saturated carbocycles. The summed E-state index contributed by atoms with van der Waals surface area (Å²) in [7, 11) is 3.37. The highest BCUT2D eigenvalue weighted by atomic mass is 16.5. The third-order valence-electron chi connectivity index (χ3n) is 2.95. The quantitative estimate of drug-likeness (QED) is 0.676. The van der Waals surface area contributed by atoms with Gasteiger partial charge in [-0.15, -0.1) is 0 Å². The zero-order chi connectivity index (χ0) is 14.4. The second-order valence-corrected chi connectivity index (χ2v) is 4.36. The Morgan fingerprint density at radius 1 is 1.20 bits per heavy atom. The van der Waals surface area contributed by atoms with Gasteiger partial charge in [0.2, 0.25) is 5.95 Å². The minimum Gasteiger partial charge on any atom is -0.385 e. The van der Waals surface area contributed by atoms with Crippen LogP contribution in [0.15, 0.2) is 6.20 Å². The van der Waals surface area contributed by atoms with Crippen LogP contribution in [0.25, 0.3) is 11.0 Å². The zero-order valence-corrected chi connectivity index (χ0v) is 11.8. The standard InChI is InChI=1S/C12H20N6O2/c1-19-6-3-4-18(5-7-20-2)11-9-8-14-17-10(9)15-12(13)16-11/h8H,3-7H2,1-2H3,(H3,13,14,15,16,17). The van der Waals surface area contributed by atoms with E-state index in [4.69, 9.17) is 15.2 Å². The number of methoxy groups -OCH3 is 2. The molecule has 20 heavy (non-hydrogen) atoms. The van der Waals surface area contributed by atoms with Crippen LogP contribution in [0.5, 0.6) is 0 Å². The molecule has 2 aromatic rings. The van der Waals surface area contributed by atoms with Crippen LogP contribution in [0.4, 0.5) is 11.8 Å². The molecule has 0 saturated heterocycles. The van der Waals surface area contributed by atoms with Crippen molar-refractivity contribution in [2.45, 2.75) is 6.42 Å². The van der Waals surface area contributed by atoms with Gasteiger partial charge in [0, 0.05) is 33.9 Å². The lowest BCUT2D eigenvalue weighted by Crippen LogP contribution is -2.30. The van der Waals surface area contributed by atoms with Crippen molar-refractivity contribution in [2.75, 3.05) is 51.2 Å². The van der Waals surface area contributed by atoms with Gasteiger partial charge >= 0.3 is 0 Å². The van der Waals surface area contributed by atoms with Gasteiger partial charge < -0.3 is 20.1 Å². The number of hydrogen-bond acceptors (Lipinski definition) is 7. The predicted octanol–water partition coefficient (Wildman–Crippen LogP) is 0.424. The summed E-state index contributed by atoms with van der Waals surface area (Å²) in [5, 5.41) is 7.67. The zero-order valence-electron chi connectivity index (χ0n) is 11.8. The fourth-order valence-electron chi connectivity index (χ4n) is 2.00. The number of ether oxygens (including phenoxy) is 2. The first-order valence-electron chi connectivity index (χ1n) is 6.45. The van der Waals surface area contributed by atoms with Crippen molar-refractivity contribution < 1.29 is 9.47 Å². The summed E-state index contributed by atoms with van der Waals surface area (Å²) in [6, 6.07) is 0. The van der Waals surface area contributed by atoms with E-state index in [-0.39, 0.29) is 5.95 Å². The van der Waals surface area contributed by atoms with E-state index in [1.165, 1.54) is 0 Å². The number of nitrogens with one attached hydrogen (secondary N) is 1. The monoisotopic (exact) mass is 280 g/mol. The molecule has 0 amide bonds. The highest BCUT2D eigenvalue weighted by Gasteiger charge is 2.15. The molecule has 2 heterocycles. The second-order valence-electron chi connectivity index (χ2n) is 4.36. The predicted molar refractivity (Wildman–Crippen MR) is 76.7 cm³/mol. The highest BCUT2D eigenvalue weighted by molar-refractivity contribution is 5.87. The summed E-state index contributed by atoms with van der Waals surface area (Å²) < 4.78 is 10.2. The van der Waals surface area contributed by atoms with Crippen LogP contribution in [0.3, 0.4) is 0 Å². The van der Waals surface area contributed by atoms with E-state index in [1.807, 2.05) is 0 Å². The lowest BCUT2D eigenvalue weighted by atomic mass is 10.3. The Morgan fingerprint density at radius 2 is 2.00 bits per heavy atom. The largest absolute Gasteiger partial charge is 0.385 e. The molecule has 0 spiro atoms. The van der Waals surface area contributed by atoms with Crippen LogP contribution in [0.2, 0.25) is 0 Å². The van der Waals surface area contributed by atoms with Gasteiger partial charge in [-0.25, -0.2) is 0 Å². The molecule has 8 heteroatoms. The number of anilines is 2. The van der Waals surface area contributed by atoms with Crippen molar-refractivity contribution in [1.29, 1.82) is 0 Å². The van der Waals surface area contributed by atoms with E-state index in [9.17, 15) is 0 Å². The van der Waals surface area contributed by atoms with Crippen molar-refractivity contribution in [1.82, 2.24) is 20.2 Å². The molecule has 0 aliphatic carbocycles. The topological polar surface area (TPSA) is 102 Å². The van der Waals surface area contributed by atoms with Gasteiger partial charge in [0.25, 0.3) is 0 Å². The number of nitrogens with two attached hydrogens (primary N) is 1. The van der Waals surface area contributed by atoms with Gasteiger partial charge in [-0.05, 0) is 6.42 Å². The lowest BCUT2D eigenvalue weighted by molar-refractivity contribution is 0.191. The molecule has 8 nitrogen and oxygen atoms in total. The summed E-state index contributed by atoms with van der Waals surface area (Å²) in [6.45, 7) is 2.82. The van der Waals surface area contributed by atoms with Crippen LogP contribution in [-0.2, 0) is 9.47 Å². The third-order valence-corrected chi connectivity index (χ3v) is 2.95. The van der Waals surface area contributed by atoms with E-state index in [2.05, 4.69) is 25.1 Å². The number of fused-ring (bicyclic) bond motifs is 1. The van der Waals surface area contributed by atoms with Crippen molar-refractivity contribution >= 4 is 22.8 Å². The average Bonchev–Trinajstić information content (AvgIpc) is 2.90. The van der Waals surface area contributed by atoms with Crippen LogP contribution in [0.1, 0.15) is 6.42 Å². The van der Waals surface area contributed by atoms with Crippen molar-refractivity contribution in [3.8, 4) is 0 Å². The van der Waals surface area contributed by atoms with Crippen LogP contribution < -0.4 is 10.6 Å². The Kier molecular flexibility index (Phi) is 5.08. The minimum atomic E-state index is 0.228. The Morgan fingerprint density at radius 3 is 2.75 bits per heavy atom. The van der Waals surface area contributed by atoms with Gasteiger partial charge in [-0.2, -0.15) is 15.1 Å². The Labute approximate surface area is 117 Å². The molecule has 110 valence electrons. The first-order chi connectivity index (χ1) is 9.76. The number of aromatic nitrogens is 4. The lowest BCUT2D eigenvalue weighted by Gasteiger charge is -2.23. The average molecular weight is 280 g/mol. The first-order valence-corrected chi connectivity index (χ1v) is 6.45. The maximum absolute atomic E-state index is 5.75. The SMILES string of the molecule is COCCCN(CCOC)c1nc(N)nc2[nH]ncc12. The number of H-pyrrole nitrogens is 1. The number of aromatic amines is 1. The van der Waals surface area contributed by atoms with Gasteiger partial charge in [0.15, 0.2) is 5.65 Å². The van der Waals surface area contributed by atoms with Gasteiger partial charge in [-0.3, -0.25) is 5.10 Å². The summed E-state index contributed by atoms with van der Waals surface area (Å²) in [5.41, 5.74) is 6.39. The Bertz CT molecular complexity index is 544. The first kappa shape index (κ1) is 14.5. The van der Waals surface area contributed by atoms with E-state index in [1.54, 1.807) is 20.4 Å². The molecular formula is C12H20N6O2. The highest BCUT2D eigenvalue weighted by Crippen LogP contribution is 2.23. The number of nitrogens with zero attached hydrogens (tertiary/aromatic N) is 4. The van der Waals surface area contributed by atoms with Crippen LogP contribution >= 0.6 is 0 Å². The smallest absolute Gasteiger partial charge is 0.224 e. The molecule has 0 bridgehead atoms. The fraction of sp³-hybridized carbons (Fsp3) is 0.583. The number of nitrogen functional groups attached to an aromatic ring is 1. The summed E-state index contributed by atoms with van der Waals surface area (Å²) in [6.07, 6.45) is 2.60. The maximum Gasteiger partial charge on any atom is 0.224 e. The van der Waals surface area contributed by atoms with E-state index in [0.717, 1.165) is 30.7 Å². The molecule has 2 rings (SSSR count). The summed E-state index contributed by atoms with van der Waals surface area (Å²) in [4.78, 5) is 10.6. The molecule has 0 atom stereocenters. The third kappa shape index (κ3) is 3.34. The molecule has 0 radical (unpaired) electrons. The molecule has 0 aliphatic rings. The molecule has 0 aliphatic heterocycles.